The van der Waals surface area contributed by atoms with Crippen molar-refractivity contribution in [3.8, 4) is 11.5 Å². The predicted molar refractivity (Wildman–Crippen MR) is 105 cm³/mol. The van der Waals surface area contributed by atoms with E-state index in [1.165, 1.54) is 0 Å². The van der Waals surface area contributed by atoms with Gasteiger partial charge in [0.15, 0.2) is 6.10 Å². The van der Waals surface area contributed by atoms with Crippen LogP contribution < -0.4 is 9.47 Å². The third kappa shape index (κ3) is 2.53. The lowest BCUT2D eigenvalue weighted by Crippen LogP contribution is -2.40. The summed E-state index contributed by atoms with van der Waals surface area (Å²) < 4.78 is 18.0. The Morgan fingerprint density at radius 1 is 0.857 bits per heavy atom. The summed E-state index contributed by atoms with van der Waals surface area (Å²) in [5.41, 5.74) is 1.41. The summed E-state index contributed by atoms with van der Waals surface area (Å²) in [6.07, 6.45) is -0.845. The van der Waals surface area contributed by atoms with Gasteiger partial charge in [0.2, 0.25) is 11.4 Å². The van der Waals surface area contributed by atoms with Gasteiger partial charge in [-0.25, -0.2) is 0 Å². The Hall–Kier alpha value is -3.11. The average Bonchev–Trinajstić information content (AvgIpc) is 3.48. The summed E-state index contributed by atoms with van der Waals surface area (Å²) in [6.45, 7) is 2.56. The number of hydrogen-bond acceptors (Lipinski definition) is 4. The number of rotatable bonds is 4. The number of benzene rings is 3. The van der Waals surface area contributed by atoms with Crippen LogP contribution in [0.25, 0.3) is 0 Å². The second-order valence-corrected chi connectivity index (χ2v) is 7.03. The number of carbonyl (C=O) groups is 1. The molecule has 1 unspecified atom stereocenters. The lowest BCUT2D eigenvalue weighted by Gasteiger charge is -2.31. The Kier molecular flexibility index (Phi) is 3.95. The molecule has 28 heavy (non-hydrogen) atoms. The van der Waals surface area contributed by atoms with E-state index in [0.717, 1.165) is 16.9 Å². The highest BCUT2D eigenvalue weighted by Gasteiger charge is 2.71. The van der Waals surface area contributed by atoms with Gasteiger partial charge >= 0.3 is 0 Å². The van der Waals surface area contributed by atoms with Gasteiger partial charge in [-0.1, -0.05) is 54.6 Å². The molecule has 0 bridgehead atoms. The first-order valence-electron chi connectivity index (χ1n) is 9.50. The van der Waals surface area contributed by atoms with Gasteiger partial charge in [0, 0.05) is 0 Å². The number of para-hydroxylation sites is 1. The Morgan fingerprint density at radius 2 is 1.54 bits per heavy atom. The lowest BCUT2D eigenvalue weighted by atomic mass is 9.81. The summed E-state index contributed by atoms with van der Waals surface area (Å²) in [4.78, 5) is 13.5. The Balaban J connectivity index is 1.57. The second kappa shape index (κ2) is 6.50. The van der Waals surface area contributed by atoms with Crippen molar-refractivity contribution in [1.82, 2.24) is 0 Å². The van der Waals surface area contributed by atoms with Crippen molar-refractivity contribution in [2.24, 2.45) is 0 Å². The predicted octanol–water partition coefficient (Wildman–Crippen LogP) is 4.91. The van der Waals surface area contributed by atoms with E-state index >= 15 is 0 Å². The molecule has 0 radical (unpaired) electrons. The maximum absolute atomic E-state index is 13.5. The second-order valence-electron chi connectivity index (χ2n) is 7.03. The Morgan fingerprint density at radius 3 is 2.29 bits per heavy atom. The summed E-state index contributed by atoms with van der Waals surface area (Å²) in [7, 11) is 0. The van der Waals surface area contributed by atoms with Crippen LogP contribution in [0.15, 0.2) is 78.9 Å². The molecule has 0 N–H and O–H groups in total. The first-order chi connectivity index (χ1) is 13.7. The van der Waals surface area contributed by atoms with Crippen molar-refractivity contribution in [3.63, 3.8) is 0 Å². The zero-order chi connectivity index (χ0) is 19.1. The van der Waals surface area contributed by atoms with E-state index in [4.69, 9.17) is 14.2 Å². The quantitative estimate of drug-likeness (QED) is 0.611. The Bertz CT molecular complexity index is 1010. The molecule has 4 heteroatoms. The van der Waals surface area contributed by atoms with E-state index in [9.17, 15) is 4.79 Å². The molecular weight excluding hydrogens is 352 g/mol. The molecule has 0 aliphatic carbocycles. The SMILES string of the molecule is CCOc1ccc(C2O[C@@]23C(=O)c2ccccc2O[C@@H]3c2ccccc2)cc1. The Labute approximate surface area is 163 Å². The first-order valence-corrected chi connectivity index (χ1v) is 9.50. The fourth-order valence-electron chi connectivity index (χ4n) is 4.00. The molecule has 2 aliphatic heterocycles. The number of ether oxygens (including phenoxy) is 3. The van der Waals surface area contributed by atoms with E-state index in [2.05, 4.69) is 0 Å². The van der Waals surface area contributed by atoms with E-state index in [1.54, 1.807) is 6.07 Å². The molecule has 140 valence electrons. The number of Topliss-reactive ketones (excluding diaryl/α,β-unsaturated/α-hetero) is 1. The highest BCUT2D eigenvalue weighted by atomic mass is 16.6. The van der Waals surface area contributed by atoms with E-state index < -0.39 is 11.7 Å². The molecule has 3 aromatic rings. The van der Waals surface area contributed by atoms with Crippen LogP contribution in [-0.2, 0) is 4.74 Å². The van der Waals surface area contributed by atoms with Gasteiger partial charge in [0.1, 0.15) is 17.6 Å². The van der Waals surface area contributed by atoms with Crippen molar-refractivity contribution in [1.29, 1.82) is 0 Å². The van der Waals surface area contributed by atoms with Crippen LogP contribution in [-0.4, -0.2) is 18.0 Å². The molecule has 1 fully saturated rings. The molecule has 3 aromatic carbocycles. The summed E-state index contributed by atoms with van der Waals surface area (Å²) in [6, 6.07) is 24.9. The van der Waals surface area contributed by atoms with Crippen LogP contribution in [0.5, 0.6) is 11.5 Å². The van der Waals surface area contributed by atoms with Gasteiger partial charge in [0.05, 0.1) is 12.2 Å². The monoisotopic (exact) mass is 372 g/mol. The molecule has 2 aliphatic rings. The van der Waals surface area contributed by atoms with Crippen molar-refractivity contribution < 1.29 is 19.0 Å². The largest absolute Gasteiger partial charge is 0.494 e. The van der Waals surface area contributed by atoms with E-state index in [-0.39, 0.29) is 11.9 Å². The number of fused-ring (bicyclic) bond motifs is 1. The van der Waals surface area contributed by atoms with Crippen LogP contribution >= 0.6 is 0 Å². The summed E-state index contributed by atoms with van der Waals surface area (Å²) in [5, 5.41) is 0. The molecule has 1 spiro atoms. The minimum absolute atomic E-state index is 0.0258. The van der Waals surface area contributed by atoms with Gasteiger partial charge in [-0.15, -0.1) is 0 Å². The van der Waals surface area contributed by atoms with Gasteiger partial charge in [0.25, 0.3) is 0 Å². The van der Waals surface area contributed by atoms with Crippen molar-refractivity contribution >= 4 is 5.78 Å². The standard InChI is InChI=1S/C24H20O4/c1-2-26-18-14-12-17(13-15-18)23-24(28-23)21(25)19-10-6-7-11-20(19)27-22(24)16-8-4-3-5-9-16/h3-15,22-23H,2H2,1H3/t22-,23?,24-/m1/s1. The third-order valence-electron chi connectivity index (χ3n) is 5.36. The minimum atomic E-state index is -1.04. The summed E-state index contributed by atoms with van der Waals surface area (Å²) in [5.74, 6) is 1.38. The van der Waals surface area contributed by atoms with Gasteiger partial charge in [-0.05, 0) is 42.3 Å². The maximum Gasteiger partial charge on any atom is 0.205 e. The van der Waals surface area contributed by atoms with Crippen LogP contribution in [0, 0.1) is 0 Å². The fourth-order valence-corrected chi connectivity index (χ4v) is 4.00. The third-order valence-corrected chi connectivity index (χ3v) is 5.36. The molecular formula is C24H20O4. The number of epoxide rings is 1. The minimum Gasteiger partial charge on any atom is -0.494 e. The van der Waals surface area contributed by atoms with Crippen LogP contribution in [0.1, 0.15) is 40.6 Å². The highest BCUT2D eigenvalue weighted by Crippen LogP contribution is 2.61. The molecule has 2 heterocycles. The van der Waals surface area contributed by atoms with Crippen LogP contribution in [0.2, 0.25) is 0 Å². The smallest absolute Gasteiger partial charge is 0.205 e. The molecule has 4 nitrogen and oxygen atoms in total. The highest BCUT2D eigenvalue weighted by molar-refractivity contribution is 6.08. The van der Waals surface area contributed by atoms with Crippen LogP contribution in [0.4, 0.5) is 0 Å². The van der Waals surface area contributed by atoms with Crippen LogP contribution in [0.3, 0.4) is 0 Å². The molecule has 0 aromatic heterocycles. The van der Waals surface area contributed by atoms with E-state index in [0.29, 0.717) is 17.9 Å². The molecule has 0 amide bonds. The van der Waals surface area contributed by atoms with Crippen molar-refractivity contribution in [2.45, 2.75) is 24.7 Å². The number of carbonyl (C=O) groups excluding carboxylic acids is 1. The molecule has 3 atom stereocenters. The van der Waals surface area contributed by atoms with Gasteiger partial charge in [-0.3, -0.25) is 4.79 Å². The molecule has 5 rings (SSSR count). The molecule has 0 saturated carbocycles. The van der Waals surface area contributed by atoms with E-state index in [1.807, 2.05) is 79.7 Å². The first kappa shape index (κ1) is 17.0. The average molecular weight is 372 g/mol. The normalized spacial score (nSPS) is 25.1. The fraction of sp³-hybridized carbons (Fsp3) is 0.208. The topological polar surface area (TPSA) is 48.1 Å². The van der Waals surface area contributed by atoms with Gasteiger partial charge in [-0.2, -0.15) is 0 Å². The zero-order valence-corrected chi connectivity index (χ0v) is 15.5. The number of ketones is 1. The maximum atomic E-state index is 13.5. The lowest BCUT2D eigenvalue weighted by molar-refractivity contribution is 0.0523. The number of hydrogen-bond donors (Lipinski definition) is 0. The summed E-state index contributed by atoms with van der Waals surface area (Å²) >= 11 is 0. The zero-order valence-electron chi connectivity index (χ0n) is 15.5. The molecule has 1 saturated heterocycles. The van der Waals surface area contributed by atoms with Crippen molar-refractivity contribution in [2.75, 3.05) is 6.61 Å². The van der Waals surface area contributed by atoms with Crippen molar-refractivity contribution in [3.05, 3.63) is 95.6 Å². The van der Waals surface area contributed by atoms with Gasteiger partial charge < -0.3 is 14.2 Å².